The summed E-state index contributed by atoms with van der Waals surface area (Å²) in [4.78, 5) is 5.39. The number of nitrogens with zero attached hydrogens (tertiary/aromatic N) is 2. The molecule has 86 valence electrons. The van der Waals surface area contributed by atoms with Gasteiger partial charge in [0, 0.05) is 32.2 Å². The Labute approximate surface area is 93.6 Å². The Morgan fingerprint density at radius 2 is 1.80 bits per heavy atom. The monoisotopic (exact) mass is 208 g/mol. The number of fused-ring (bicyclic) bond motifs is 2. The van der Waals surface area contributed by atoms with Gasteiger partial charge in [-0.05, 0) is 37.6 Å². The number of hydrogen-bond donors (Lipinski definition) is 0. The molecular formula is C13H24N2. The van der Waals surface area contributed by atoms with Crippen molar-refractivity contribution >= 4 is 0 Å². The third-order valence-corrected chi connectivity index (χ3v) is 5.02. The van der Waals surface area contributed by atoms with Gasteiger partial charge in [0.25, 0.3) is 0 Å². The Bertz CT molecular complexity index is 221. The van der Waals surface area contributed by atoms with Crippen molar-refractivity contribution in [1.82, 2.24) is 9.80 Å². The predicted octanol–water partition coefficient (Wildman–Crippen LogP) is 1.81. The van der Waals surface area contributed by atoms with E-state index in [9.17, 15) is 0 Å². The average molecular weight is 208 g/mol. The Morgan fingerprint density at radius 1 is 1.00 bits per heavy atom. The summed E-state index contributed by atoms with van der Waals surface area (Å²) < 4.78 is 0. The van der Waals surface area contributed by atoms with Crippen LogP contribution in [0.25, 0.3) is 0 Å². The summed E-state index contributed by atoms with van der Waals surface area (Å²) in [6.45, 7) is 8.82. The third kappa shape index (κ3) is 1.83. The summed E-state index contributed by atoms with van der Waals surface area (Å²) in [5.41, 5.74) is 0. The van der Waals surface area contributed by atoms with Crippen molar-refractivity contribution < 1.29 is 0 Å². The van der Waals surface area contributed by atoms with Crippen molar-refractivity contribution in [1.29, 1.82) is 0 Å². The minimum atomic E-state index is 0.975. The molecule has 0 aromatic carbocycles. The molecule has 1 heterocycles. The van der Waals surface area contributed by atoms with Crippen LogP contribution in [-0.4, -0.2) is 48.6 Å². The normalized spacial score (nSPS) is 42.6. The molecule has 0 radical (unpaired) electrons. The van der Waals surface area contributed by atoms with E-state index in [4.69, 9.17) is 0 Å². The number of likely N-dealkylation sites (N-methyl/N-ethyl adjacent to an activating group) is 1. The molecule has 1 saturated heterocycles. The van der Waals surface area contributed by atoms with Gasteiger partial charge in [0.2, 0.25) is 0 Å². The number of hydrogen-bond acceptors (Lipinski definition) is 2. The van der Waals surface area contributed by atoms with Gasteiger partial charge in [0.1, 0.15) is 0 Å². The zero-order valence-electron chi connectivity index (χ0n) is 9.99. The van der Waals surface area contributed by atoms with Gasteiger partial charge in [-0.3, -0.25) is 4.90 Å². The largest absolute Gasteiger partial charge is 0.301 e. The van der Waals surface area contributed by atoms with E-state index in [2.05, 4.69) is 16.7 Å². The summed E-state index contributed by atoms with van der Waals surface area (Å²) in [7, 11) is 0. The van der Waals surface area contributed by atoms with Crippen LogP contribution in [0.15, 0.2) is 0 Å². The van der Waals surface area contributed by atoms with Crippen LogP contribution in [-0.2, 0) is 0 Å². The first kappa shape index (κ1) is 10.1. The van der Waals surface area contributed by atoms with Gasteiger partial charge in [-0.1, -0.05) is 13.3 Å². The highest BCUT2D eigenvalue weighted by atomic mass is 15.3. The van der Waals surface area contributed by atoms with E-state index in [1.807, 2.05) is 0 Å². The van der Waals surface area contributed by atoms with E-state index in [0.717, 1.165) is 17.9 Å². The van der Waals surface area contributed by atoms with Crippen LogP contribution in [0.4, 0.5) is 0 Å². The second-order valence-electron chi connectivity index (χ2n) is 5.71. The highest BCUT2D eigenvalue weighted by Gasteiger charge is 2.42. The fourth-order valence-corrected chi connectivity index (χ4v) is 4.07. The van der Waals surface area contributed by atoms with Crippen LogP contribution in [0.3, 0.4) is 0 Å². The molecule has 0 N–H and O–H groups in total. The highest BCUT2D eigenvalue weighted by Crippen LogP contribution is 2.46. The van der Waals surface area contributed by atoms with Crippen molar-refractivity contribution in [3.05, 3.63) is 0 Å². The summed E-state index contributed by atoms with van der Waals surface area (Å²) in [5, 5.41) is 0. The van der Waals surface area contributed by atoms with E-state index in [1.165, 1.54) is 52.0 Å². The molecule has 2 bridgehead atoms. The maximum Gasteiger partial charge on any atom is 0.0127 e. The third-order valence-electron chi connectivity index (χ3n) is 5.02. The first-order chi connectivity index (χ1) is 7.36. The van der Waals surface area contributed by atoms with E-state index in [1.54, 1.807) is 6.42 Å². The van der Waals surface area contributed by atoms with Crippen LogP contribution in [0, 0.1) is 11.8 Å². The summed E-state index contributed by atoms with van der Waals surface area (Å²) >= 11 is 0. The van der Waals surface area contributed by atoms with Gasteiger partial charge in [0.15, 0.2) is 0 Å². The first-order valence-electron chi connectivity index (χ1n) is 6.83. The maximum absolute atomic E-state index is 2.80. The molecule has 0 unspecified atom stereocenters. The molecule has 1 aliphatic heterocycles. The molecule has 15 heavy (non-hydrogen) atoms. The molecule has 3 aliphatic rings. The standard InChI is InChI=1S/C13H24N2/c1-2-14-5-7-15(8-6-14)13-10-11-3-4-12(13)9-11/h11-13H,2-10H2,1H3/t11-,12-,13-/m0/s1. The summed E-state index contributed by atoms with van der Waals surface area (Å²) in [6, 6.07) is 0.975. The van der Waals surface area contributed by atoms with Crippen LogP contribution in [0.1, 0.15) is 32.6 Å². The van der Waals surface area contributed by atoms with Crippen LogP contribution in [0.2, 0.25) is 0 Å². The Kier molecular flexibility index (Phi) is 2.73. The van der Waals surface area contributed by atoms with Gasteiger partial charge in [-0.15, -0.1) is 0 Å². The summed E-state index contributed by atoms with van der Waals surface area (Å²) in [6.07, 6.45) is 6.15. The molecule has 2 nitrogen and oxygen atoms in total. The van der Waals surface area contributed by atoms with E-state index >= 15 is 0 Å². The maximum atomic E-state index is 2.80. The minimum absolute atomic E-state index is 0.975. The molecule has 3 atom stereocenters. The van der Waals surface area contributed by atoms with Gasteiger partial charge in [-0.25, -0.2) is 0 Å². The smallest absolute Gasteiger partial charge is 0.0127 e. The molecular weight excluding hydrogens is 184 g/mol. The zero-order chi connectivity index (χ0) is 10.3. The van der Waals surface area contributed by atoms with Crippen LogP contribution >= 0.6 is 0 Å². The van der Waals surface area contributed by atoms with Crippen molar-refractivity contribution in [3.63, 3.8) is 0 Å². The zero-order valence-corrected chi connectivity index (χ0v) is 9.99. The van der Waals surface area contributed by atoms with Gasteiger partial charge >= 0.3 is 0 Å². The number of rotatable bonds is 2. The lowest BCUT2D eigenvalue weighted by Crippen LogP contribution is -2.51. The second kappa shape index (κ2) is 4.06. The molecule has 3 fully saturated rings. The number of piperazine rings is 1. The minimum Gasteiger partial charge on any atom is -0.301 e. The van der Waals surface area contributed by atoms with Crippen LogP contribution in [0.5, 0.6) is 0 Å². The Hall–Kier alpha value is -0.0800. The average Bonchev–Trinajstić information content (AvgIpc) is 2.91. The molecule has 2 aliphatic carbocycles. The highest BCUT2D eigenvalue weighted by molar-refractivity contribution is 4.96. The molecule has 0 aromatic heterocycles. The van der Waals surface area contributed by atoms with Gasteiger partial charge in [-0.2, -0.15) is 0 Å². The van der Waals surface area contributed by atoms with Gasteiger partial charge in [0.05, 0.1) is 0 Å². The van der Waals surface area contributed by atoms with Crippen molar-refractivity contribution in [2.24, 2.45) is 11.8 Å². The topological polar surface area (TPSA) is 6.48 Å². The SMILES string of the molecule is CCN1CCN([C@H]2C[C@H]3CC[C@H]2C3)CC1. The van der Waals surface area contributed by atoms with Crippen molar-refractivity contribution in [3.8, 4) is 0 Å². The molecule has 2 heteroatoms. The first-order valence-corrected chi connectivity index (χ1v) is 6.83. The lowest BCUT2D eigenvalue weighted by Gasteiger charge is -2.40. The lowest BCUT2D eigenvalue weighted by molar-refractivity contribution is 0.0737. The fraction of sp³-hybridized carbons (Fsp3) is 1.00. The van der Waals surface area contributed by atoms with E-state index in [-0.39, 0.29) is 0 Å². The van der Waals surface area contributed by atoms with E-state index < -0.39 is 0 Å². The van der Waals surface area contributed by atoms with Crippen molar-refractivity contribution in [2.75, 3.05) is 32.7 Å². The Balaban J connectivity index is 1.56. The molecule has 0 aromatic rings. The molecule has 2 saturated carbocycles. The Morgan fingerprint density at radius 3 is 2.33 bits per heavy atom. The fourth-order valence-electron chi connectivity index (χ4n) is 4.07. The summed E-state index contributed by atoms with van der Waals surface area (Å²) in [5.74, 6) is 2.17. The van der Waals surface area contributed by atoms with E-state index in [0.29, 0.717) is 0 Å². The van der Waals surface area contributed by atoms with Crippen molar-refractivity contribution in [2.45, 2.75) is 38.6 Å². The van der Waals surface area contributed by atoms with Gasteiger partial charge < -0.3 is 4.90 Å². The quantitative estimate of drug-likeness (QED) is 0.683. The molecule has 0 spiro atoms. The predicted molar refractivity (Wildman–Crippen MR) is 62.9 cm³/mol. The molecule has 0 amide bonds. The van der Waals surface area contributed by atoms with Crippen LogP contribution < -0.4 is 0 Å². The second-order valence-corrected chi connectivity index (χ2v) is 5.71. The lowest BCUT2D eigenvalue weighted by atomic mass is 9.93. The molecule has 3 rings (SSSR count).